The first-order chi connectivity index (χ1) is 6.94. The number of hydrogen-bond acceptors (Lipinski definition) is 2. The summed E-state index contributed by atoms with van der Waals surface area (Å²) in [7, 11) is 0. The molecule has 0 bridgehead atoms. The summed E-state index contributed by atoms with van der Waals surface area (Å²) in [6.07, 6.45) is 1.81. The Labute approximate surface area is 96.5 Å². The molecule has 1 N–H and O–H groups in total. The van der Waals surface area contributed by atoms with Crippen LogP contribution in [0.1, 0.15) is 33.6 Å². The van der Waals surface area contributed by atoms with E-state index in [2.05, 4.69) is 5.32 Å². The maximum absolute atomic E-state index is 11.8. The van der Waals surface area contributed by atoms with Gasteiger partial charge in [0.1, 0.15) is 0 Å². The summed E-state index contributed by atoms with van der Waals surface area (Å²) in [4.78, 5) is 11.8. The maximum atomic E-state index is 11.8. The molecule has 0 aromatic carbocycles. The minimum absolute atomic E-state index is 0.00889. The van der Waals surface area contributed by atoms with Crippen molar-refractivity contribution < 1.29 is 9.53 Å². The fourth-order valence-electron chi connectivity index (χ4n) is 1.73. The van der Waals surface area contributed by atoms with Gasteiger partial charge in [-0.2, -0.15) is 0 Å². The van der Waals surface area contributed by atoms with Crippen molar-refractivity contribution in [3.63, 3.8) is 0 Å². The van der Waals surface area contributed by atoms with Crippen LogP contribution in [-0.4, -0.2) is 30.0 Å². The van der Waals surface area contributed by atoms with E-state index in [0.29, 0.717) is 12.5 Å². The molecule has 0 saturated carbocycles. The number of ether oxygens (including phenoxy) is 1. The number of hydrogen-bond donors (Lipinski definition) is 1. The fourth-order valence-corrected chi connectivity index (χ4v) is 2.21. The zero-order chi connectivity index (χ0) is 11.5. The number of halogens is 1. The number of carbonyl (C=O) groups excluding carboxylic acids is 1. The van der Waals surface area contributed by atoms with Crippen molar-refractivity contribution in [2.75, 3.05) is 12.5 Å². The zero-order valence-corrected chi connectivity index (χ0v) is 10.4. The number of nitrogens with one attached hydrogen (secondary N) is 1. The van der Waals surface area contributed by atoms with Crippen molar-refractivity contribution in [2.45, 2.75) is 45.3 Å². The van der Waals surface area contributed by atoms with E-state index in [9.17, 15) is 4.79 Å². The summed E-state index contributed by atoms with van der Waals surface area (Å²) >= 11 is 5.68. The molecule has 15 heavy (non-hydrogen) atoms. The molecule has 4 heteroatoms. The highest BCUT2D eigenvalue weighted by atomic mass is 35.5. The molecule has 2 unspecified atom stereocenters. The first-order valence-corrected chi connectivity index (χ1v) is 5.97. The predicted molar refractivity (Wildman–Crippen MR) is 61.1 cm³/mol. The third-order valence-electron chi connectivity index (χ3n) is 2.75. The van der Waals surface area contributed by atoms with Gasteiger partial charge in [0.05, 0.1) is 18.6 Å². The monoisotopic (exact) mass is 233 g/mol. The van der Waals surface area contributed by atoms with E-state index < -0.39 is 0 Å². The predicted octanol–water partition coefficient (Wildman–Crippen LogP) is 1.94. The molecule has 0 radical (unpaired) electrons. The van der Waals surface area contributed by atoms with E-state index in [1.54, 1.807) is 0 Å². The van der Waals surface area contributed by atoms with E-state index in [-0.39, 0.29) is 23.5 Å². The Kier molecular flexibility index (Phi) is 4.41. The third kappa shape index (κ3) is 3.99. The molecule has 0 aromatic heterocycles. The Balaban J connectivity index is 2.41. The molecule has 1 heterocycles. The van der Waals surface area contributed by atoms with Crippen molar-refractivity contribution >= 4 is 17.5 Å². The van der Waals surface area contributed by atoms with Crippen LogP contribution in [0.3, 0.4) is 0 Å². The van der Waals surface area contributed by atoms with Gasteiger partial charge in [0, 0.05) is 11.4 Å². The first-order valence-electron chi connectivity index (χ1n) is 5.44. The molecule has 0 spiro atoms. The average molecular weight is 234 g/mol. The van der Waals surface area contributed by atoms with Crippen LogP contribution >= 0.6 is 11.6 Å². The molecular formula is C11H20ClNO2. The van der Waals surface area contributed by atoms with Gasteiger partial charge in [-0.1, -0.05) is 0 Å². The Morgan fingerprint density at radius 1 is 1.60 bits per heavy atom. The van der Waals surface area contributed by atoms with Crippen LogP contribution in [0.25, 0.3) is 0 Å². The summed E-state index contributed by atoms with van der Waals surface area (Å²) in [5.74, 6) is 0.661. The Bertz CT molecular complexity index is 231. The topological polar surface area (TPSA) is 38.3 Å². The lowest BCUT2D eigenvalue weighted by atomic mass is 9.99. The molecule has 0 aliphatic carbocycles. The largest absolute Gasteiger partial charge is 0.378 e. The number of amides is 1. The summed E-state index contributed by atoms with van der Waals surface area (Å²) in [5, 5.41) is 3.02. The lowest BCUT2D eigenvalue weighted by Gasteiger charge is -2.26. The highest BCUT2D eigenvalue weighted by molar-refractivity contribution is 6.17. The van der Waals surface area contributed by atoms with Crippen LogP contribution in [0.5, 0.6) is 0 Å². The van der Waals surface area contributed by atoms with Gasteiger partial charge >= 0.3 is 0 Å². The maximum Gasteiger partial charge on any atom is 0.225 e. The van der Waals surface area contributed by atoms with Crippen molar-refractivity contribution in [1.82, 2.24) is 5.32 Å². The van der Waals surface area contributed by atoms with Crippen LogP contribution in [0.4, 0.5) is 0 Å². The zero-order valence-electron chi connectivity index (χ0n) is 9.68. The van der Waals surface area contributed by atoms with E-state index in [0.717, 1.165) is 12.8 Å². The van der Waals surface area contributed by atoms with Crippen molar-refractivity contribution in [1.29, 1.82) is 0 Å². The highest BCUT2D eigenvalue weighted by Gasteiger charge is 2.31. The minimum atomic E-state index is -0.218. The van der Waals surface area contributed by atoms with Gasteiger partial charge in [-0.25, -0.2) is 0 Å². The molecule has 1 aliphatic heterocycles. The minimum Gasteiger partial charge on any atom is -0.378 e. The standard InChI is InChI=1S/C11H20ClNO2/c1-8-6-9(7-15-8)10(14)13-11(2,3)4-5-12/h8-9H,4-7H2,1-3H3,(H,13,14). The van der Waals surface area contributed by atoms with E-state index in [1.807, 2.05) is 20.8 Å². The van der Waals surface area contributed by atoms with E-state index in [1.165, 1.54) is 0 Å². The van der Waals surface area contributed by atoms with Crippen LogP contribution in [-0.2, 0) is 9.53 Å². The molecule has 88 valence electrons. The third-order valence-corrected chi connectivity index (χ3v) is 2.94. The molecule has 1 aliphatic rings. The fraction of sp³-hybridized carbons (Fsp3) is 0.909. The highest BCUT2D eigenvalue weighted by Crippen LogP contribution is 2.20. The summed E-state index contributed by atoms with van der Waals surface area (Å²) in [5.41, 5.74) is -0.218. The van der Waals surface area contributed by atoms with Gasteiger partial charge in [0.15, 0.2) is 0 Å². The van der Waals surface area contributed by atoms with Gasteiger partial charge in [-0.15, -0.1) is 11.6 Å². The quantitative estimate of drug-likeness (QED) is 0.754. The van der Waals surface area contributed by atoms with Gasteiger partial charge in [-0.3, -0.25) is 4.79 Å². The van der Waals surface area contributed by atoms with Crippen LogP contribution in [0.2, 0.25) is 0 Å². The molecular weight excluding hydrogens is 214 g/mol. The smallest absolute Gasteiger partial charge is 0.225 e. The first kappa shape index (κ1) is 12.8. The van der Waals surface area contributed by atoms with Crippen molar-refractivity contribution in [3.05, 3.63) is 0 Å². The lowest BCUT2D eigenvalue weighted by molar-refractivity contribution is -0.126. The number of alkyl halides is 1. The molecule has 1 rings (SSSR count). The van der Waals surface area contributed by atoms with E-state index >= 15 is 0 Å². The second-order valence-electron chi connectivity index (χ2n) is 4.89. The van der Waals surface area contributed by atoms with Crippen LogP contribution < -0.4 is 5.32 Å². The lowest BCUT2D eigenvalue weighted by Crippen LogP contribution is -2.46. The number of rotatable bonds is 4. The normalized spacial score (nSPS) is 26.7. The number of carbonyl (C=O) groups is 1. The van der Waals surface area contributed by atoms with Gasteiger partial charge in [0.25, 0.3) is 0 Å². The van der Waals surface area contributed by atoms with Crippen LogP contribution in [0, 0.1) is 5.92 Å². The average Bonchev–Trinajstić information content (AvgIpc) is 2.50. The molecule has 1 amide bonds. The summed E-state index contributed by atoms with van der Waals surface area (Å²) in [6, 6.07) is 0. The summed E-state index contributed by atoms with van der Waals surface area (Å²) in [6.45, 7) is 6.53. The molecule has 1 fully saturated rings. The second kappa shape index (κ2) is 5.17. The molecule has 3 nitrogen and oxygen atoms in total. The molecule has 1 saturated heterocycles. The van der Waals surface area contributed by atoms with Crippen LogP contribution in [0.15, 0.2) is 0 Å². The molecule has 2 atom stereocenters. The van der Waals surface area contributed by atoms with Gasteiger partial charge < -0.3 is 10.1 Å². The van der Waals surface area contributed by atoms with E-state index in [4.69, 9.17) is 16.3 Å². The Hall–Kier alpha value is -0.280. The van der Waals surface area contributed by atoms with Gasteiger partial charge in [-0.05, 0) is 33.6 Å². The Morgan fingerprint density at radius 2 is 2.27 bits per heavy atom. The van der Waals surface area contributed by atoms with Crippen molar-refractivity contribution in [2.24, 2.45) is 5.92 Å². The summed E-state index contributed by atoms with van der Waals surface area (Å²) < 4.78 is 5.37. The SMILES string of the molecule is CC1CC(C(=O)NC(C)(C)CCCl)CO1. The van der Waals surface area contributed by atoms with Crippen molar-refractivity contribution in [3.8, 4) is 0 Å². The van der Waals surface area contributed by atoms with Gasteiger partial charge in [0.2, 0.25) is 5.91 Å². The second-order valence-corrected chi connectivity index (χ2v) is 5.27. The molecule has 0 aromatic rings. The Morgan fingerprint density at radius 3 is 2.73 bits per heavy atom.